The molecule has 2 rings (SSSR count). The minimum absolute atomic E-state index is 0.216. The Kier molecular flexibility index (Phi) is 5.08. The maximum atomic E-state index is 5.90. The monoisotopic (exact) mass is 262 g/mol. The molecule has 0 aromatic heterocycles. The summed E-state index contributed by atoms with van der Waals surface area (Å²) in [4.78, 5) is 2.34. The largest absolute Gasteiger partial charge is 0.489 e. The smallest absolute Gasteiger partial charge is 0.142 e. The van der Waals surface area contributed by atoms with E-state index in [1.807, 2.05) is 6.07 Å². The van der Waals surface area contributed by atoms with Crippen molar-refractivity contribution >= 4 is 5.69 Å². The van der Waals surface area contributed by atoms with Crippen LogP contribution in [0.25, 0.3) is 0 Å². The van der Waals surface area contributed by atoms with E-state index in [9.17, 15) is 0 Å². The topological polar surface area (TPSA) is 24.5 Å². The van der Waals surface area contributed by atoms with Crippen LogP contribution in [0.4, 0.5) is 5.69 Å². The summed E-state index contributed by atoms with van der Waals surface area (Å²) in [5, 5.41) is 3.42. The lowest BCUT2D eigenvalue weighted by Crippen LogP contribution is -2.34. The molecule has 3 heteroatoms. The highest BCUT2D eigenvalue weighted by atomic mass is 16.5. The summed E-state index contributed by atoms with van der Waals surface area (Å²) in [5.41, 5.74) is 1.20. The van der Waals surface area contributed by atoms with Crippen molar-refractivity contribution < 1.29 is 4.74 Å². The first-order valence-electron chi connectivity index (χ1n) is 7.34. The fraction of sp³-hybridized carbons (Fsp3) is 0.625. The minimum Gasteiger partial charge on any atom is -0.489 e. The number of hydrogen-bond acceptors (Lipinski definition) is 3. The standard InChI is InChI=1S/C16H26N2O/c1-13(2)19-16-7-5-4-6-15(16)18(3)12-14-8-10-17-11-9-14/h4-7,13-14,17H,8-12H2,1-3H3. The van der Waals surface area contributed by atoms with Gasteiger partial charge in [0.25, 0.3) is 0 Å². The van der Waals surface area contributed by atoms with Crippen LogP contribution in [0, 0.1) is 5.92 Å². The Labute approximate surface area is 116 Å². The predicted octanol–water partition coefficient (Wildman–Crippen LogP) is 2.91. The van der Waals surface area contributed by atoms with Crippen molar-refractivity contribution in [2.24, 2.45) is 5.92 Å². The van der Waals surface area contributed by atoms with Crippen molar-refractivity contribution in [2.45, 2.75) is 32.8 Å². The second kappa shape index (κ2) is 6.80. The van der Waals surface area contributed by atoms with Gasteiger partial charge in [0.1, 0.15) is 5.75 Å². The number of hydrogen-bond donors (Lipinski definition) is 1. The fourth-order valence-corrected chi connectivity index (χ4v) is 2.68. The molecule has 0 aliphatic carbocycles. The Balaban J connectivity index is 2.02. The van der Waals surface area contributed by atoms with E-state index >= 15 is 0 Å². The Hall–Kier alpha value is -1.22. The lowest BCUT2D eigenvalue weighted by Gasteiger charge is -2.30. The zero-order valence-corrected chi connectivity index (χ0v) is 12.4. The van der Waals surface area contributed by atoms with Crippen LogP contribution in [0.1, 0.15) is 26.7 Å². The van der Waals surface area contributed by atoms with Crippen LogP contribution in [-0.2, 0) is 0 Å². The van der Waals surface area contributed by atoms with E-state index in [1.54, 1.807) is 0 Å². The molecule has 0 spiro atoms. The van der Waals surface area contributed by atoms with Gasteiger partial charge >= 0.3 is 0 Å². The summed E-state index contributed by atoms with van der Waals surface area (Å²) in [6, 6.07) is 8.34. The highest BCUT2D eigenvalue weighted by molar-refractivity contribution is 5.58. The maximum absolute atomic E-state index is 5.90. The quantitative estimate of drug-likeness (QED) is 0.883. The molecule has 1 aromatic rings. The third-order valence-electron chi connectivity index (χ3n) is 3.63. The molecular weight excluding hydrogens is 236 g/mol. The number of nitrogens with zero attached hydrogens (tertiary/aromatic N) is 1. The molecule has 0 amide bonds. The first kappa shape index (κ1) is 14.2. The molecule has 3 nitrogen and oxygen atoms in total. The highest BCUT2D eigenvalue weighted by Crippen LogP contribution is 2.29. The van der Waals surface area contributed by atoms with Gasteiger partial charge in [0.2, 0.25) is 0 Å². The second-order valence-corrected chi connectivity index (χ2v) is 5.71. The van der Waals surface area contributed by atoms with E-state index in [4.69, 9.17) is 4.74 Å². The van der Waals surface area contributed by atoms with Crippen molar-refractivity contribution in [3.05, 3.63) is 24.3 Å². The molecular formula is C16H26N2O. The Bertz CT molecular complexity index is 386. The molecule has 0 radical (unpaired) electrons. The second-order valence-electron chi connectivity index (χ2n) is 5.71. The molecule has 0 bridgehead atoms. The van der Waals surface area contributed by atoms with Crippen LogP contribution in [0.3, 0.4) is 0 Å². The fourth-order valence-electron chi connectivity index (χ4n) is 2.68. The summed E-state index contributed by atoms with van der Waals surface area (Å²) in [6.07, 6.45) is 2.77. The molecule has 19 heavy (non-hydrogen) atoms. The highest BCUT2D eigenvalue weighted by Gasteiger charge is 2.17. The Morgan fingerprint density at radius 1 is 1.26 bits per heavy atom. The van der Waals surface area contributed by atoms with Crippen molar-refractivity contribution in [2.75, 3.05) is 31.6 Å². The predicted molar refractivity (Wildman–Crippen MR) is 81.1 cm³/mol. The van der Waals surface area contributed by atoms with E-state index in [-0.39, 0.29) is 6.10 Å². The lowest BCUT2D eigenvalue weighted by molar-refractivity contribution is 0.242. The molecule has 1 aliphatic heterocycles. The summed E-state index contributed by atoms with van der Waals surface area (Å²) < 4.78 is 5.90. The van der Waals surface area contributed by atoms with Crippen LogP contribution >= 0.6 is 0 Å². The van der Waals surface area contributed by atoms with Gasteiger partial charge in [-0.25, -0.2) is 0 Å². The average Bonchev–Trinajstić information content (AvgIpc) is 2.39. The van der Waals surface area contributed by atoms with Gasteiger partial charge in [0, 0.05) is 13.6 Å². The van der Waals surface area contributed by atoms with Crippen LogP contribution < -0.4 is 15.0 Å². The van der Waals surface area contributed by atoms with Gasteiger partial charge in [0.05, 0.1) is 11.8 Å². The maximum Gasteiger partial charge on any atom is 0.142 e. The number of piperidine rings is 1. The molecule has 0 saturated carbocycles. The van der Waals surface area contributed by atoms with Gasteiger partial charge in [-0.05, 0) is 57.8 Å². The van der Waals surface area contributed by atoms with Gasteiger partial charge in [-0.1, -0.05) is 12.1 Å². The van der Waals surface area contributed by atoms with E-state index in [1.165, 1.54) is 18.5 Å². The van der Waals surface area contributed by atoms with Gasteiger partial charge in [-0.3, -0.25) is 0 Å². The Morgan fingerprint density at radius 3 is 2.63 bits per heavy atom. The van der Waals surface area contributed by atoms with Crippen LogP contribution in [-0.4, -0.2) is 32.8 Å². The number of rotatable bonds is 5. The van der Waals surface area contributed by atoms with Gasteiger partial charge in [-0.2, -0.15) is 0 Å². The van der Waals surface area contributed by atoms with E-state index < -0.39 is 0 Å². The first-order chi connectivity index (χ1) is 9.16. The van der Waals surface area contributed by atoms with Crippen molar-refractivity contribution in [3.8, 4) is 5.75 Å². The van der Waals surface area contributed by atoms with Crippen molar-refractivity contribution in [3.63, 3.8) is 0 Å². The van der Waals surface area contributed by atoms with Gasteiger partial charge < -0.3 is 15.0 Å². The first-order valence-corrected chi connectivity index (χ1v) is 7.34. The molecule has 1 N–H and O–H groups in total. The molecule has 1 aromatic carbocycles. The molecule has 0 unspecified atom stereocenters. The third-order valence-corrected chi connectivity index (χ3v) is 3.63. The minimum atomic E-state index is 0.216. The van der Waals surface area contributed by atoms with Crippen LogP contribution in [0.2, 0.25) is 0 Å². The van der Waals surface area contributed by atoms with E-state index in [2.05, 4.69) is 49.3 Å². The molecule has 1 saturated heterocycles. The SMILES string of the molecule is CC(C)Oc1ccccc1N(C)CC1CCNCC1. The number of nitrogens with one attached hydrogen (secondary N) is 1. The summed E-state index contributed by atoms with van der Waals surface area (Å²) >= 11 is 0. The molecule has 1 heterocycles. The number of benzene rings is 1. The van der Waals surface area contributed by atoms with Gasteiger partial charge in [-0.15, -0.1) is 0 Å². The summed E-state index contributed by atoms with van der Waals surface area (Å²) in [5.74, 6) is 1.78. The molecule has 1 fully saturated rings. The summed E-state index contributed by atoms with van der Waals surface area (Å²) in [7, 11) is 2.17. The zero-order valence-electron chi connectivity index (χ0n) is 12.4. The number of para-hydroxylation sites is 2. The Morgan fingerprint density at radius 2 is 1.95 bits per heavy atom. The summed E-state index contributed by atoms with van der Waals surface area (Å²) in [6.45, 7) is 7.57. The van der Waals surface area contributed by atoms with Crippen molar-refractivity contribution in [1.82, 2.24) is 5.32 Å². The van der Waals surface area contributed by atoms with Crippen molar-refractivity contribution in [1.29, 1.82) is 0 Å². The van der Waals surface area contributed by atoms with E-state index in [0.29, 0.717) is 0 Å². The molecule has 106 valence electrons. The number of ether oxygens (including phenoxy) is 1. The molecule has 1 aliphatic rings. The van der Waals surface area contributed by atoms with Crippen LogP contribution in [0.15, 0.2) is 24.3 Å². The van der Waals surface area contributed by atoms with Crippen LogP contribution in [0.5, 0.6) is 5.75 Å². The average molecular weight is 262 g/mol. The third kappa shape index (κ3) is 4.13. The lowest BCUT2D eigenvalue weighted by atomic mass is 9.97. The zero-order chi connectivity index (χ0) is 13.7. The van der Waals surface area contributed by atoms with Gasteiger partial charge in [0.15, 0.2) is 0 Å². The molecule has 0 atom stereocenters. The number of anilines is 1. The normalized spacial score (nSPS) is 16.6. The van der Waals surface area contributed by atoms with E-state index in [0.717, 1.165) is 31.3 Å².